The number of aromatic nitrogens is 4. The fraction of sp³-hybridized carbons (Fsp3) is 0. The van der Waals surface area contributed by atoms with Gasteiger partial charge in [-0.15, -0.1) is 9.89 Å². The summed E-state index contributed by atoms with van der Waals surface area (Å²) < 4.78 is 0. The first-order valence-electron chi connectivity index (χ1n) is 3.74. The van der Waals surface area contributed by atoms with Gasteiger partial charge in [-0.1, -0.05) is 0 Å². The second-order valence-electron chi connectivity index (χ2n) is 2.34. The Labute approximate surface area is 74.8 Å². The van der Waals surface area contributed by atoms with Gasteiger partial charge >= 0.3 is 0 Å². The van der Waals surface area contributed by atoms with Crippen LogP contribution in [0.25, 0.3) is 0 Å². The fourth-order valence-corrected chi connectivity index (χ4v) is 0.837. The molecule has 2 aromatic heterocycles. The summed E-state index contributed by atoms with van der Waals surface area (Å²) in [5.41, 5.74) is 0.977. The topological polar surface area (TPSA) is 56.0 Å². The van der Waals surface area contributed by atoms with Gasteiger partial charge in [0.05, 0.1) is 6.21 Å². The van der Waals surface area contributed by atoms with Crippen molar-refractivity contribution in [2.45, 2.75) is 0 Å². The van der Waals surface area contributed by atoms with Crippen molar-refractivity contribution in [3.05, 3.63) is 42.7 Å². The molecule has 5 nitrogen and oxygen atoms in total. The third kappa shape index (κ3) is 1.96. The lowest BCUT2D eigenvalue weighted by atomic mass is 10.3. The molecule has 0 aromatic carbocycles. The van der Waals surface area contributed by atoms with E-state index < -0.39 is 0 Å². The van der Waals surface area contributed by atoms with Gasteiger partial charge in [0.25, 0.3) is 0 Å². The average Bonchev–Trinajstić information content (AvgIpc) is 2.69. The maximum atomic E-state index is 4.03. The quantitative estimate of drug-likeness (QED) is 0.623. The van der Waals surface area contributed by atoms with Crippen molar-refractivity contribution in [2.75, 3.05) is 0 Å². The smallest absolute Gasteiger partial charge is 0.139 e. The zero-order valence-corrected chi connectivity index (χ0v) is 6.78. The van der Waals surface area contributed by atoms with E-state index in [1.807, 2.05) is 12.1 Å². The third-order valence-electron chi connectivity index (χ3n) is 1.44. The summed E-state index contributed by atoms with van der Waals surface area (Å²) in [7, 11) is 0. The molecule has 0 N–H and O–H groups in total. The van der Waals surface area contributed by atoms with Crippen molar-refractivity contribution < 1.29 is 0 Å². The van der Waals surface area contributed by atoms with Gasteiger partial charge in [-0.25, -0.2) is 4.98 Å². The van der Waals surface area contributed by atoms with Crippen LogP contribution in [0, 0.1) is 0 Å². The number of hydrogen-bond acceptors (Lipinski definition) is 4. The molecule has 0 saturated carbocycles. The molecule has 0 aliphatic rings. The molecule has 0 bridgehead atoms. The molecule has 0 amide bonds. The Morgan fingerprint density at radius 1 is 1.23 bits per heavy atom. The first-order valence-corrected chi connectivity index (χ1v) is 3.74. The van der Waals surface area contributed by atoms with Crippen molar-refractivity contribution in [2.24, 2.45) is 5.10 Å². The fourth-order valence-electron chi connectivity index (χ4n) is 0.837. The number of pyridine rings is 1. The Morgan fingerprint density at radius 2 is 2.08 bits per heavy atom. The summed E-state index contributed by atoms with van der Waals surface area (Å²) in [5, 5.41) is 7.85. The molecule has 5 heteroatoms. The SMILES string of the molecule is C(=N/n1cncn1)/c1ccncc1. The molecule has 0 atom stereocenters. The van der Waals surface area contributed by atoms with Crippen molar-refractivity contribution in [1.29, 1.82) is 0 Å². The molecule has 0 aliphatic carbocycles. The van der Waals surface area contributed by atoms with E-state index in [4.69, 9.17) is 0 Å². The van der Waals surface area contributed by atoms with E-state index in [9.17, 15) is 0 Å². The van der Waals surface area contributed by atoms with E-state index in [0.717, 1.165) is 5.56 Å². The minimum Gasteiger partial charge on any atom is -0.265 e. The monoisotopic (exact) mass is 173 g/mol. The van der Waals surface area contributed by atoms with Crippen LogP contribution in [-0.4, -0.2) is 26.1 Å². The minimum atomic E-state index is 0.977. The number of nitrogens with zero attached hydrogens (tertiary/aromatic N) is 5. The molecule has 2 aromatic rings. The highest BCUT2D eigenvalue weighted by molar-refractivity contribution is 5.78. The number of hydrogen-bond donors (Lipinski definition) is 0. The lowest BCUT2D eigenvalue weighted by Crippen LogP contribution is -1.90. The molecule has 13 heavy (non-hydrogen) atoms. The van der Waals surface area contributed by atoms with E-state index in [2.05, 4.69) is 20.2 Å². The van der Waals surface area contributed by atoms with Gasteiger partial charge in [-0.2, -0.15) is 5.10 Å². The second kappa shape index (κ2) is 3.57. The highest BCUT2D eigenvalue weighted by Gasteiger charge is 1.85. The largest absolute Gasteiger partial charge is 0.265 e. The average molecular weight is 173 g/mol. The highest BCUT2D eigenvalue weighted by atomic mass is 15.5. The maximum absolute atomic E-state index is 4.03. The summed E-state index contributed by atoms with van der Waals surface area (Å²) in [6, 6.07) is 3.72. The minimum absolute atomic E-state index is 0.977. The summed E-state index contributed by atoms with van der Waals surface area (Å²) in [5.74, 6) is 0. The standard InChI is InChI=1S/C8H7N5/c1-3-9-4-2-8(1)5-11-13-7-10-6-12-13/h1-7H/b11-5-. The molecule has 64 valence electrons. The van der Waals surface area contributed by atoms with E-state index in [0.29, 0.717) is 0 Å². The second-order valence-corrected chi connectivity index (χ2v) is 2.34. The van der Waals surface area contributed by atoms with E-state index in [-0.39, 0.29) is 0 Å². The molecule has 2 heterocycles. The molecule has 0 aliphatic heterocycles. The zero-order chi connectivity index (χ0) is 8.93. The Hall–Kier alpha value is -2.04. The molecular formula is C8H7N5. The first kappa shape index (κ1) is 7.60. The molecule has 2 rings (SSSR count). The lowest BCUT2D eigenvalue weighted by molar-refractivity contribution is 0.743. The van der Waals surface area contributed by atoms with Crippen molar-refractivity contribution in [3.8, 4) is 0 Å². The highest BCUT2D eigenvalue weighted by Crippen LogP contribution is 1.91. The predicted octanol–water partition coefficient (Wildman–Crippen LogP) is 0.555. The molecule has 0 radical (unpaired) electrons. The van der Waals surface area contributed by atoms with Crippen LogP contribution in [0.2, 0.25) is 0 Å². The van der Waals surface area contributed by atoms with Crippen LogP contribution in [0.1, 0.15) is 5.56 Å². The third-order valence-corrected chi connectivity index (χ3v) is 1.44. The lowest BCUT2D eigenvalue weighted by Gasteiger charge is -1.89. The zero-order valence-electron chi connectivity index (χ0n) is 6.78. The Balaban J connectivity index is 2.15. The molecule has 0 fully saturated rings. The van der Waals surface area contributed by atoms with Crippen LogP contribution in [0.3, 0.4) is 0 Å². The molecule has 0 spiro atoms. The van der Waals surface area contributed by atoms with Gasteiger partial charge in [-0.05, 0) is 17.7 Å². The van der Waals surface area contributed by atoms with E-state index in [1.165, 1.54) is 17.4 Å². The Bertz CT molecular complexity index is 378. The van der Waals surface area contributed by atoms with Crippen LogP contribution in [0.5, 0.6) is 0 Å². The van der Waals surface area contributed by atoms with Gasteiger partial charge < -0.3 is 0 Å². The van der Waals surface area contributed by atoms with Crippen LogP contribution in [0.4, 0.5) is 0 Å². The Morgan fingerprint density at radius 3 is 2.77 bits per heavy atom. The van der Waals surface area contributed by atoms with Gasteiger partial charge in [-0.3, -0.25) is 4.98 Å². The van der Waals surface area contributed by atoms with Crippen molar-refractivity contribution >= 4 is 6.21 Å². The van der Waals surface area contributed by atoms with Gasteiger partial charge in [0.1, 0.15) is 12.7 Å². The van der Waals surface area contributed by atoms with Crippen LogP contribution in [0.15, 0.2) is 42.3 Å². The predicted molar refractivity (Wildman–Crippen MR) is 47.3 cm³/mol. The normalized spacial score (nSPS) is 10.8. The molecule has 0 unspecified atom stereocenters. The van der Waals surface area contributed by atoms with Crippen molar-refractivity contribution in [3.63, 3.8) is 0 Å². The summed E-state index contributed by atoms with van der Waals surface area (Å²) >= 11 is 0. The van der Waals surface area contributed by atoms with E-state index in [1.54, 1.807) is 18.6 Å². The summed E-state index contributed by atoms with van der Waals surface area (Å²) in [6.07, 6.45) is 8.07. The summed E-state index contributed by atoms with van der Waals surface area (Å²) in [4.78, 5) is 9.04. The molecule has 0 saturated heterocycles. The van der Waals surface area contributed by atoms with Crippen LogP contribution < -0.4 is 0 Å². The Kier molecular flexibility index (Phi) is 2.09. The van der Waals surface area contributed by atoms with Gasteiger partial charge in [0.15, 0.2) is 0 Å². The van der Waals surface area contributed by atoms with Crippen LogP contribution >= 0.6 is 0 Å². The molecular weight excluding hydrogens is 166 g/mol. The van der Waals surface area contributed by atoms with E-state index >= 15 is 0 Å². The summed E-state index contributed by atoms with van der Waals surface area (Å²) in [6.45, 7) is 0. The first-order chi connectivity index (χ1) is 6.45. The van der Waals surface area contributed by atoms with Gasteiger partial charge in [0.2, 0.25) is 0 Å². The van der Waals surface area contributed by atoms with Crippen LogP contribution in [-0.2, 0) is 0 Å². The number of rotatable bonds is 2. The van der Waals surface area contributed by atoms with Crippen molar-refractivity contribution in [1.82, 2.24) is 19.9 Å². The maximum Gasteiger partial charge on any atom is 0.139 e. The van der Waals surface area contributed by atoms with Gasteiger partial charge in [0, 0.05) is 12.4 Å².